The van der Waals surface area contributed by atoms with Gasteiger partial charge in [-0.2, -0.15) is 0 Å². The molecule has 2 aromatic carbocycles. The fourth-order valence-corrected chi connectivity index (χ4v) is 2.16. The first-order valence-corrected chi connectivity index (χ1v) is 6.34. The van der Waals surface area contributed by atoms with Gasteiger partial charge in [0, 0.05) is 5.56 Å². The van der Waals surface area contributed by atoms with Gasteiger partial charge in [0.15, 0.2) is 6.10 Å². The van der Waals surface area contributed by atoms with E-state index in [9.17, 15) is 4.79 Å². The lowest BCUT2D eigenvalue weighted by Crippen LogP contribution is -2.12. The van der Waals surface area contributed by atoms with Crippen LogP contribution in [0.5, 0.6) is 11.5 Å². The second kappa shape index (κ2) is 5.25. The van der Waals surface area contributed by atoms with Gasteiger partial charge in [0.1, 0.15) is 18.1 Å². The van der Waals surface area contributed by atoms with Gasteiger partial charge in [0.05, 0.1) is 12.7 Å². The molecule has 0 spiro atoms. The van der Waals surface area contributed by atoms with Crippen LogP contribution < -0.4 is 9.47 Å². The predicted molar refractivity (Wildman–Crippen MR) is 73.1 cm³/mol. The Bertz CT molecular complexity index is 619. The highest BCUT2D eigenvalue weighted by Crippen LogP contribution is 2.34. The largest absolute Gasteiger partial charge is 0.497 e. The maximum Gasteiger partial charge on any atom is 0.338 e. The molecule has 0 aliphatic carbocycles. The molecule has 0 N–H and O–H groups in total. The highest BCUT2D eigenvalue weighted by atomic mass is 16.6. The van der Waals surface area contributed by atoms with Gasteiger partial charge in [-0.1, -0.05) is 18.2 Å². The van der Waals surface area contributed by atoms with Crippen molar-refractivity contribution in [3.8, 4) is 11.5 Å². The van der Waals surface area contributed by atoms with Gasteiger partial charge in [0.2, 0.25) is 0 Å². The number of carbonyl (C=O) groups is 1. The molecule has 0 aromatic heterocycles. The average Bonchev–Trinajstić information content (AvgIpc) is 2.91. The van der Waals surface area contributed by atoms with Gasteiger partial charge in [0.25, 0.3) is 0 Å². The van der Waals surface area contributed by atoms with Gasteiger partial charge in [-0.3, -0.25) is 0 Å². The molecule has 102 valence electrons. The van der Waals surface area contributed by atoms with E-state index < -0.39 is 0 Å². The zero-order valence-electron chi connectivity index (χ0n) is 11.0. The lowest BCUT2D eigenvalue weighted by atomic mass is 10.1. The Kier molecular flexibility index (Phi) is 3.29. The molecule has 0 amide bonds. The first kappa shape index (κ1) is 12.5. The van der Waals surface area contributed by atoms with Crippen molar-refractivity contribution >= 4 is 5.97 Å². The highest BCUT2D eigenvalue weighted by Gasteiger charge is 2.27. The van der Waals surface area contributed by atoms with E-state index in [2.05, 4.69) is 0 Å². The molecule has 0 bridgehead atoms. The first-order chi connectivity index (χ1) is 9.78. The molecule has 0 saturated heterocycles. The van der Waals surface area contributed by atoms with E-state index in [0.29, 0.717) is 17.9 Å². The van der Waals surface area contributed by atoms with E-state index in [1.54, 1.807) is 31.4 Å². The summed E-state index contributed by atoms with van der Waals surface area (Å²) in [6.45, 7) is 0.362. The van der Waals surface area contributed by atoms with Gasteiger partial charge in [-0.15, -0.1) is 0 Å². The molecule has 1 heterocycles. The van der Waals surface area contributed by atoms with Crippen LogP contribution in [-0.4, -0.2) is 19.7 Å². The van der Waals surface area contributed by atoms with Crippen LogP contribution in [-0.2, 0) is 4.74 Å². The molecular formula is C16H14O4. The highest BCUT2D eigenvalue weighted by molar-refractivity contribution is 5.89. The minimum atomic E-state index is -0.363. The Morgan fingerprint density at radius 2 is 1.90 bits per heavy atom. The van der Waals surface area contributed by atoms with Crippen LogP contribution in [0.4, 0.5) is 0 Å². The maximum absolute atomic E-state index is 12.1. The summed E-state index contributed by atoms with van der Waals surface area (Å²) in [6.07, 6.45) is -0.346. The van der Waals surface area contributed by atoms with Crippen LogP contribution in [0.25, 0.3) is 0 Å². The standard InChI is InChI=1S/C16H14O4/c1-18-12-8-6-11(7-9-12)16(17)20-15-10-19-14-5-3-2-4-13(14)15/h2-9,15H,10H2,1H3/t15-/m0/s1. The molecule has 0 radical (unpaired) electrons. The van der Waals surface area contributed by atoms with Gasteiger partial charge in [-0.05, 0) is 30.3 Å². The summed E-state index contributed by atoms with van der Waals surface area (Å²) < 4.78 is 16.0. The number of fused-ring (bicyclic) bond motifs is 1. The topological polar surface area (TPSA) is 44.8 Å². The summed E-state index contributed by atoms with van der Waals surface area (Å²) in [4.78, 5) is 12.1. The molecule has 20 heavy (non-hydrogen) atoms. The average molecular weight is 270 g/mol. The fraction of sp³-hybridized carbons (Fsp3) is 0.188. The number of hydrogen-bond donors (Lipinski definition) is 0. The summed E-state index contributed by atoms with van der Waals surface area (Å²) in [6, 6.07) is 14.4. The van der Waals surface area contributed by atoms with Crippen LogP contribution in [0.2, 0.25) is 0 Å². The lowest BCUT2D eigenvalue weighted by Gasteiger charge is -2.11. The SMILES string of the molecule is COc1ccc(C(=O)O[C@H]2COc3ccccc32)cc1. The minimum absolute atomic E-state index is 0.346. The van der Waals surface area contributed by atoms with E-state index in [4.69, 9.17) is 14.2 Å². The molecule has 4 nitrogen and oxygen atoms in total. The van der Waals surface area contributed by atoms with Crippen molar-refractivity contribution in [3.05, 3.63) is 59.7 Å². The number of para-hydroxylation sites is 1. The third kappa shape index (κ3) is 2.32. The summed E-state index contributed by atoms with van der Waals surface area (Å²) in [5.74, 6) is 1.12. The van der Waals surface area contributed by atoms with Crippen molar-refractivity contribution in [2.45, 2.75) is 6.10 Å². The lowest BCUT2D eigenvalue weighted by molar-refractivity contribution is 0.0248. The molecule has 0 fully saturated rings. The molecule has 0 saturated carbocycles. The molecule has 2 aromatic rings. The van der Waals surface area contributed by atoms with Crippen LogP contribution >= 0.6 is 0 Å². The summed E-state index contributed by atoms with van der Waals surface area (Å²) in [5.41, 5.74) is 1.41. The smallest absolute Gasteiger partial charge is 0.338 e. The second-order valence-corrected chi connectivity index (χ2v) is 4.47. The normalized spacial score (nSPS) is 16.1. The number of methoxy groups -OCH3 is 1. The van der Waals surface area contributed by atoms with Crippen LogP contribution in [0.15, 0.2) is 48.5 Å². The third-order valence-electron chi connectivity index (χ3n) is 3.23. The Labute approximate surface area is 116 Å². The van der Waals surface area contributed by atoms with E-state index in [1.807, 2.05) is 24.3 Å². The second-order valence-electron chi connectivity index (χ2n) is 4.47. The number of benzene rings is 2. The fourth-order valence-electron chi connectivity index (χ4n) is 2.16. The van der Waals surface area contributed by atoms with E-state index in [-0.39, 0.29) is 12.1 Å². The Morgan fingerprint density at radius 3 is 2.65 bits per heavy atom. The van der Waals surface area contributed by atoms with Crippen molar-refractivity contribution in [2.75, 3.05) is 13.7 Å². The third-order valence-corrected chi connectivity index (χ3v) is 3.23. The molecule has 1 aliphatic heterocycles. The quantitative estimate of drug-likeness (QED) is 0.804. The summed E-state index contributed by atoms with van der Waals surface area (Å²) in [5, 5.41) is 0. The Morgan fingerprint density at radius 1 is 1.15 bits per heavy atom. The Balaban J connectivity index is 1.73. The van der Waals surface area contributed by atoms with Crippen molar-refractivity contribution < 1.29 is 19.0 Å². The van der Waals surface area contributed by atoms with Crippen molar-refractivity contribution in [3.63, 3.8) is 0 Å². The number of esters is 1. The van der Waals surface area contributed by atoms with E-state index >= 15 is 0 Å². The van der Waals surface area contributed by atoms with Gasteiger partial charge >= 0.3 is 5.97 Å². The molecule has 0 unspecified atom stereocenters. The number of rotatable bonds is 3. The number of carbonyl (C=O) groups excluding carboxylic acids is 1. The Hall–Kier alpha value is -2.49. The van der Waals surface area contributed by atoms with Crippen molar-refractivity contribution in [1.82, 2.24) is 0 Å². The summed E-state index contributed by atoms with van der Waals surface area (Å²) in [7, 11) is 1.58. The van der Waals surface area contributed by atoms with E-state index in [0.717, 1.165) is 11.3 Å². The zero-order valence-corrected chi connectivity index (χ0v) is 11.0. The van der Waals surface area contributed by atoms with Crippen molar-refractivity contribution in [2.24, 2.45) is 0 Å². The molecular weight excluding hydrogens is 256 g/mol. The summed E-state index contributed by atoms with van der Waals surface area (Å²) >= 11 is 0. The maximum atomic E-state index is 12.1. The molecule has 3 rings (SSSR count). The first-order valence-electron chi connectivity index (χ1n) is 6.34. The molecule has 1 atom stereocenters. The van der Waals surface area contributed by atoms with Gasteiger partial charge < -0.3 is 14.2 Å². The van der Waals surface area contributed by atoms with Crippen LogP contribution in [0.1, 0.15) is 22.0 Å². The number of ether oxygens (including phenoxy) is 3. The van der Waals surface area contributed by atoms with Crippen molar-refractivity contribution in [1.29, 1.82) is 0 Å². The monoisotopic (exact) mass is 270 g/mol. The van der Waals surface area contributed by atoms with E-state index in [1.165, 1.54) is 0 Å². The molecule has 1 aliphatic rings. The number of hydrogen-bond acceptors (Lipinski definition) is 4. The van der Waals surface area contributed by atoms with Crippen LogP contribution in [0.3, 0.4) is 0 Å². The minimum Gasteiger partial charge on any atom is -0.497 e. The van der Waals surface area contributed by atoms with Gasteiger partial charge in [-0.25, -0.2) is 4.79 Å². The molecule has 4 heteroatoms. The predicted octanol–water partition coefficient (Wildman–Crippen LogP) is 2.99. The zero-order chi connectivity index (χ0) is 13.9. The van der Waals surface area contributed by atoms with Crippen LogP contribution in [0, 0.1) is 0 Å².